The highest BCUT2D eigenvalue weighted by Gasteiger charge is 2.39. The minimum Gasteiger partial charge on any atom is -0.356 e. The molecule has 3 heterocycles. The van der Waals surface area contributed by atoms with Gasteiger partial charge in [-0.1, -0.05) is 0 Å². The second-order valence-electron chi connectivity index (χ2n) is 5.90. The number of aromatic nitrogens is 1. The maximum Gasteiger partial charge on any atom is 0.251 e. The monoisotopic (exact) mass is 274 g/mol. The lowest BCUT2D eigenvalue weighted by Gasteiger charge is -2.33. The van der Waals surface area contributed by atoms with Crippen LogP contribution in [-0.4, -0.2) is 44.1 Å². The normalized spacial score (nSPS) is 21.1. The van der Waals surface area contributed by atoms with Crippen molar-refractivity contribution in [3.8, 4) is 0 Å². The lowest BCUT2D eigenvalue weighted by Crippen LogP contribution is -2.38. The van der Waals surface area contributed by atoms with Crippen LogP contribution in [0.15, 0.2) is 18.3 Å². The summed E-state index contributed by atoms with van der Waals surface area (Å²) < 4.78 is 0. The van der Waals surface area contributed by atoms with Crippen molar-refractivity contribution in [1.82, 2.24) is 15.6 Å². The predicted molar refractivity (Wildman–Crippen MR) is 79.0 cm³/mol. The Labute approximate surface area is 119 Å². The smallest absolute Gasteiger partial charge is 0.251 e. The zero-order valence-electron chi connectivity index (χ0n) is 12.0. The highest BCUT2D eigenvalue weighted by molar-refractivity contribution is 5.94. The second-order valence-corrected chi connectivity index (χ2v) is 5.90. The quantitative estimate of drug-likeness (QED) is 0.845. The summed E-state index contributed by atoms with van der Waals surface area (Å²) in [5, 5.41) is 6.10. The van der Waals surface area contributed by atoms with Gasteiger partial charge in [-0.25, -0.2) is 4.98 Å². The van der Waals surface area contributed by atoms with Gasteiger partial charge in [0, 0.05) is 31.9 Å². The number of rotatable bonds is 2. The summed E-state index contributed by atoms with van der Waals surface area (Å²) in [6.45, 7) is 4.36. The molecule has 5 heteroatoms. The molecule has 5 nitrogen and oxygen atoms in total. The number of hydrogen-bond acceptors (Lipinski definition) is 4. The number of piperidine rings is 1. The number of anilines is 1. The van der Waals surface area contributed by atoms with E-state index in [-0.39, 0.29) is 5.91 Å². The zero-order valence-corrected chi connectivity index (χ0v) is 12.0. The Hall–Kier alpha value is -1.62. The first-order chi connectivity index (χ1) is 9.72. The van der Waals surface area contributed by atoms with Gasteiger partial charge in [0.15, 0.2) is 0 Å². The molecule has 2 saturated heterocycles. The molecule has 0 aliphatic carbocycles. The van der Waals surface area contributed by atoms with E-state index in [1.807, 2.05) is 6.07 Å². The summed E-state index contributed by atoms with van der Waals surface area (Å²) in [7, 11) is 1.66. The van der Waals surface area contributed by atoms with Crippen LogP contribution in [0.4, 0.5) is 5.82 Å². The second kappa shape index (κ2) is 5.40. The highest BCUT2D eigenvalue weighted by atomic mass is 16.1. The van der Waals surface area contributed by atoms with Crippen molar-refractivity contribution < 1.29 is 4.79 Å². The fraction of sp³-hybridized carbons (Fsp3) is 0.600. The average Bonchev–Trinajstić information content (AvgIpc) is 2.91. The SMILES string of the molecule is CNC(=O)c1ccnc(N2CCC3(CCNCC3)C2)c1. The first-order valence-electron chi connectivity index (χ1n) is 7.36. The molecule has 1 amide bonds. The molecule has 0 radical (unpaired) electrons. The molecule has 1 aromatic rings. The number of amides is 1. The lowest BCUT2D eigenvalue weighted by atomic mass is 9.78. The van der Waals surface area contributed by atoms with Gasteiger partial charge in [0.25, 0.3) is 5.91 Å². The highest BCUT2D eigenvalue weighted by Crippen LogP contribution is 2.39. The minimum atomic E-state index is -0.0515. The molecule has 3 rings (SSSR count). The number of nitrogens with one attached hydrogen (secondary N) is 2. The standard InChI is InChI=1S/C15H22N4O/c1-16-14(20)12-2-6-18-13(10-12)19-9-5-15(11-19)3-7-17-8-4-15/h2,6,10,17H,3-5,7-9,11H2,1H3,(H,16,20). The molecular weight excluding hydrogens is 252 g/mol. The molecule has 0 atom stereocenters. The molecule has 2 aliphatic heterocycles. The van der Waals surface area contributed by atoms with Crippen molar-refractivity contribution in [2.75, 3.05) is 38.1 Å². The largest absolute Gasteiger partial charge is 0.356 e. The zero-order chi connectivity index (χ0) is 14.0. The fourth-order valence-corrected chi connectivity index (χ4v) is 3.37. The minimum absolute atomic E-state index is 0.0515. The van der Waals surface area contributed by atoms with Crippen molar-refractivity contribution in [2.24, 2.45) is 5.41 Å². The molecule has 108 valence electrons. The van der Waals surface area contributed by atoms with Gasteiger partial charge in [-0.05, 0) is 49.9 Å². The van der Waals surface area contributed by atoms with E-state index in [2.05, 4.69) is 20.5 Å². The van der Waals surface area contributed by atoms with E-state index in [1.54, 1.807) is 19.3 Å². The molecular formula is C15H22N4O. The topological polar surface area (TPSA) is 57.3 Å². The van der Waals surface area contributed by atoms with Gasteiger partial charge >= 0.3 is 0 Å². The third kappa shape index (κ3) is 2.50. The van der Waals surface area contributed by atoms with Crippen LogP contribution in [0.3, 0.4) is 0 Å². The van der Waals surface area contributed by atoms with Gasteiger partial charge in [0.05, 0.1) is 0 Å². The van der Waals surface area contributed by atoms with Gasteiger partial charge < -0.3 is 15.5 Å². The van der Waals surface area contributed by atoms with E-state index in [1.165, 1.54) is 19.3 Å². The van der Waals surface area contributed by atoms with E-state index >= 15 is 0 Å². The Morgan fingerprint density at radius 2 is 2.20 bits per heavy atom. The Morgan fingerprint density at radius 3 is 2.95 bits per heavy atom. The Bertz CT molecular complexity index is 496. The third-order valence-electron chi connectivity index (χ3n) is 4.66. The molecule has 2 N–H and O–H groups in total. The summed E-state index contributed by atoms with van der Waals surface area (Å²) in [5.74, 6) is 0.880. The van der Waals surface area contributed by atoms with Crippen molar-refractivity contribution >= 4 is 11.7 Å². The summed E-state index contributed by atoms with van der Waals surface area (Å²) >= 11 is 0. The van der Waals surface area contributed by atoms with Gasteiger partial charge in [-0.3, -0.25) is 4.79 Å². The number of carbonyl (C=O) groups excluding carboxylic acids is 1. The molecule has 0 unspecified atom stereocenters. The molecule has 20 heavy (non-hydrogen) atoms. The first kappa shape index (κ1) is 13.4. The molecule has 0 saturated carbocycles. The Balaban J connectivity index is 1.75. The van der Waals surface area contributed by atoms with Crippen LogP contribution in [0.2, 0.25) is 0 Å². The molecule has 1 spiro atoms. The maximum atomic E-state index is 11.7. The van der Waals surface area contributed by atoms with Crippen LogP contribution in [0.5, 0.6) is 0 Å². The average molecular weight is 274 g/mol. The molecule has 2 aliphatic rings. The van der Waals surface area contributed by atoms with Crippen LogP contribution < -0.4 is 15.5 Å². The fourth-order valence-electron chi connectivity index (χ4n) is 3.37. The summed E-state index contributed by atoms with van der Waals surface area (Å²) in [6, 6.07) is 3.66. The van der Waals surface area contributed by atoms with Crippen LogP contribution in [-0.2, 0) is 0 Å². The van der Waals surface area contributed by atoms with E-state index in [0.717, 1.165) is 32.0 Å². The van der Waals surface area contributed by atoms with Crippen LogP contribution in [0.25, 0.3) is 0 Å². The number of pyridine rings is 1. The first-order valence-corrected chi connectivity index (χ1v) is 7.36. The van der Waals surface area contributed by atoms with E-state index in [4.69, 9.17) is 0 Å². The maximum absolute atomic E-state index is 11.7. The number of hydrogen-bond donors (Lipinski definition) is 2. The summed E-state index contributed by atoms with van der Waals surface area (Å²) in [6.07, 6.45) is 5.46. The Kier molecular flexibility index (Phi) is 3.61. The summed E-state index contributed by atoms with van der Waals surface area (Å²) in [5.41, 5.74) is 1.14. The van der Waals surface area contributed by atoms with E-state index < -0.39 is 0 Å². The van der Waals surface area contributed by atoms with Crippen molar-refractivity contribution in [3.63, 3.8) is 0 Å². The van der Waals surface area contributed by atoms with Crippen LogP contribution in [0, 0.1) is 5.41 Å². The van der Waals surface area contributed by atoms with Gasteiger partial charge in [0.2, 0.25) is 0 Å². The lowest BCUT2D eigenvalue weighted by molar-refractivity contribution is 0.0963. The van der Waals surface area contributed by atoms with E-state index in [9.17, 15) is 4.79 Å². The molecule has 0 bridgehead atoms. The van der Waals surface area contributed by atoms with Crippen molar-refractivity contribution in [3.05, 3.63) is 23.9 Å². The molecule has 2 fully saturated rings. The van der Waals surface area contributed by atoms with Crippen molar-refractivity contribution in [1.29, 1.82) is 0 Å². The predicted octanol–water partition coefficient (Wildman–Crippen LogP) is 1.02. The van der Waals surface area contributed by atoms with E-state index in [0.29, 0.717) is 11.0 Å². The molecule has 0 aromatic carbocycles. The van der Waals surface area contributed by atoms with Gasteiger partial charge in [0.1, 0.15) is 5.82 Å². The summed E-state index contributed by atoms with van der Waals surface area (Å²) in [4.78, 5) is 18.5. The van der Waals surface area contributed by atoms with Gasteiger partial charge in [-0.2, -0.15) is 0 Å². The number of carbonyl (C=O) groups is 1. The van der Waals surface area contributed by atoms with Crippen LogP contribution in [0.1, 0.15) is 29.6 Å². The van der Waals surface area contributed by atoms with Crippen molar-refractivity contribution in [2.45, 2.75) is 19.3 Å². The van der Waals surface area contributed by atoms with Gasteiger partial charge in [-0.15, -0.1) is 0 Å². The molecule has 1 aromatic heterocycles. The van der Waals surface area contributed by atoms with Crippen LogP contribution >= 0.6 is 0 Å². The number of nitrogens with zero attached hydrogens (tertiary/aromatic N) is 2. The third-order valence-corrected chi connectivity index (χ3v) is 4.66. The Morgan fingerprint density at radius 1 is 1.40 bits per heavy atom.